The van der Waals surface area contributed by atoms with E-state index in [4.69, 9.17) is 0 Å². The van der Waals surface area contributed by atoms with Crippen LogP contribution in [-0.2, 0) is 6.54 Å². The van der Waals surface area contributed by atoms with E-state index in [-0.39, 0.29) is 0 Å². The molecular formula is C14H18N4. The molecule has 4 heteroatoms. The average Bonchev–Trinajstić information content (AvgIpc) is 2.98. The molecule has 1 aliphatic rings. The Labute approximate surface area is 107 Å². The number of rotatable bonds is 3. The molecule has 0 aromatic carbocycles. The van der Waals surface area contributed by atoms with Gasteiger partial charge in [-0.2, -0.15) is 5.10 Å². The van der Waals surface area contributed by atoms with Crippen LogP contribution in [0.2, 0.25) is 0 Å². The molecule has 1 aliphatic heterocycles. The SMILES string of the molecule is Cc1cncc(CN2CCC[C@@H]2c2ccn[nH]2)c1. The summed E-state index contributed by atoms with van der Waals surface area (Å²) in [4.78, 5) is 6.77. The zero-order valence-electron chi connectivity index (χ0n) is 10.6. The van der Waals surface area contributed by atoms with Crippen LogP contribution in [-0.4, -0.2) is 26.6 Å². The van der Waals surface area contributed by atoms with Crippen LogP contribution in [0.25, 0.3) is 0 Å². The van der Waals surface area contributed by atoms with Crippen molar-refractivity contribution < 1.29 is 0 Å². The third kappa shape index (κ3) is 2.29. The predicted octanol–water partition coefficient (Wildman–Crippen LogP) is 2.45. The van der Waals surface area contributed by atoms with E-state index in [1.54, 1.807) is 0 Å². The number of nitrogens with zero attached hydrogens (tertiary/aromatic N) is 3. The number of hydrogen-bond donors (Lipinski definition) is 1. The summed E-state index contributed by atoms with van der Waals surface area (Å²) in [6.07, 6.45) is 8.17. The third-order valence-electron chi connectivity index (χ3n) is 3.56. The summed E-state index contributed by atoms with van der Waals surface area (Å²) in [5, 5.41) is 7.16. The number of aryl methyl sites for hydroxylation is 1. The predicted molar refractivity (Wildman–Crippen MR) is 69.9 cm³/mol. The van der Waals surface area contributed by atoms with E-state index in [0.717, 1.165) is 13.1 Å². The first-order valence-corrected chi connectivity index (χ1v) is 6.47. The van der Waals surface area contributed by atoms with Crippen LogP contribution in [0.3, 0.4) is 0 Å². The Morgan fingerprint density at radius 1 is 1.44 bits per heavy atom. The Bertz CT molecular complexity index is 506. The van der Waals surface area contributed by atoms with Crippen LogP contribution in [0.15, 0.2) is 30.7 Å². The maximum atomic E-state index is 4.27. The van der Waals surface area contributed by atoms with Gasteiger partial charge in [0.2, 0.25) is 0 Å². The van der Waals surface area contributed by atoms with Gasteiger partial charge in [-0.25, -0.2) is 0 Å². The lowest BCUT2D eigenvalue weighted by Crippen LogP contribution is -2.23. The van der Waals surface area contributed by atoms with Crippen molar-refractivity contribution in [3.63, 3.8) is 0 Å². The maximum Gasteiger partial charge on any atom is 0.0523 e. The van der Waals surface area contributed by atoms with Crippen molar-refractivity contribution in [2.24, 2.45) is 0 Å². The van der Waals surface area contributed by atoms with Crippen LogP contribution < -0.4 is 0 Å². The molecule has 1 saturated heterocycles. The van der Waals surface area contributed by atoms with E-state index < -0.39 is 0 Å². The topological polar surface area (TPSA) is 44.8 Å². The molecule has 1 N–H and O–H groups in total. The van der Waals surface area contributed by atoms with Gasteiger partial charge in [-0.15, -0.1) is 0 Å². The fourth-order valence-electron chi connectivity index (χ4n) is 2.76. The molecule has 0 amide bonds. The van der Waals surface area contributed by atoms with Crippen molar-refractivity contribution in [3.05, 3.63) is 47.5 Å². The van der Waals surface area contributed by atoms with E-state index in [1.165, 1.54) is 29.7 Å². The minimum absolute atomic E-state index is 0.480. The monoisotopic (exact) mass is 242 g/mol. The highest BCUT2D eigenvalue weighted by molar-refractivity contribution is 5.17. The van der Waals surface area contributed by atoms with Gasteiger partial charge < -0.3 is 0 Å². The molecule has 94 valence electrons. The summed E-state index contributed by atoms with van der Waals surface area (Å²) >= 11 is 0. The molecule has 2 aromatic rings. The van der Waals surface area contributed by atoms with Crippen LogP contribution in [0.5, 0.6) is 0 Å². The smallest absolute Gasteiger partial charge is 0.0523 e. The third-order valence-corrected chi connectivity index (χ3v) is 3.56. The van der Waals surface area contributed by atoms with Gasteiger partial charge in [-0.05, 0) is 43.5 Å². The van der Waals surface area contributed by atoms with Crippen LogP contribution in [0, 0.1) is 6.92 Å². The molecule has 1 fully saturated rings. The minimum Gasteiger partial charge on any atom is -0.290 e. The van der Waals surface area contributed by atoms with Gasteiger partial charge in [0.1, 0.15) is 0 Å². The van der Waals surface area contributed by atoms with E-state index >= 15 is 0 Å². The fraction of sp³-hybridized carbons (Fsp3) is 0.429. The molecule has 18 heavy (non-hydrogen) atoms. The first kappa shape index (κ1) is 11.4. The maximum absolute atomic E-state index is 4.27. The van der Waals surface area contributed by atoms with Gasteiger partial charge in [-0.1, -0.05) is 6.07 Å². The van der Waals surface area contributed by atoms with Crippen molar-refractivity contribution in [2.75, 3.05) is 6.54 Å². The van der Waals surface area contributed by atoms with E-state index in [0.29, 0.717) is 6.04 Å². The van der Waals surface area contributed by atoms with E-state index in [2.05, 4.69) is 39.1 Å². The summed E-state index contributed by atoms with van der Waals surface area (Å²) in [5.74, 6) is 0. The molecule has 0 spiro atoms. The van der Waals surface area contributed by atoms with Gasteiger partial charge in [0.05, 0.1) is 11.7 Å². The lowest BCUT2D eigenvalue weighted by molar-refractivity contribution is 0.244. The van der Waals surface area contributed by atoms with Gasteiger partial charge >= 0.3 is 0 Å². The second-order valence-electron chi connectivity index (χ2n) is 5.01. The van der Waals surface area contributed by atoms with Gasteiger partial charge in [-0.3, -0.25) is 15.0 Å². The number of H-pyrrole nitrogens is 1. The number of hydrogen-bond acceptors (Lipinski definition) is 3. The Hall–Kier alpha value is -1.68. The lowest BCUT2D eigenvalue weighted by Gasteiger charge is -2.23. The highest BCUT2D eigenvalue weighted by Crippen LogP contribution is 2.31. The fourth-order valence-corrected chi connectivity index (χ4v) is 2.76. The molecule has 0 aliphatic carbocycles. The Kier molecular flexibility index (Phi) is 3.11. The second kappa shape index (κ2) is 4.90. The minimum atomic E-state index is 0.480. The second-order valence-corrected chi connectivity index (χ2v) is 5.01. The summed E-state index contributed by atoms with van der Waals surface area (Å²) in [7, 11) is 0. The quantitative estimate of drug-likeness (QED) is 0.899. The number of likely N-dealkylation sites (tertiary alicyclic amines) is 1. The Morgan fingerprint density at radius 3 is 3.17 bits per heavy atom. The van der Waals surface area contributed by atoms with Crippen molar-refractivity contribution in [3.8, 4) is 0 Å². The van der Waals surface area contributed by atoms with Crippen molar-refractivity contribution in [1.29, 1.82) is 0 Å². The number of aromatic amines is 1. The van der Waals surface area contributed by atoms with E-state index in [9.17, 15) is 0 Å². The van der Waals surface area contributed by atoms with Crippen molar-refractivity contribution in [2.45, 2.75) is 32.4 Å². The molecule has 4 nitrogen and oxygen atoms in total. The largest absolute Gasteiger partial charge is 0.290 e. The molecule has 2 aromatic heterocycles. The highest BCUT2D eigenvalue weighted by Gasteiger charge is 2.26. The summed E-state index contributed by atoms with van der Waals surface area (Å²) in [5.41, 5.74) is 3.75. The van der Waals surface area contributed by atoms with Gasteiger partial charge in [0.15, 0.2) is 0 Å². The highest BCUT2D eigenvalue weighted by atomic mass is 15.2. The average molecular weight is 242 g/mol. The summed E-state index contributed by atoms with van der Waals surface area (Å²) in [6, 6.07) is 4.78. The molecule has 3 rings (SSSR count). The normalized spacial score (nSPS) is 20.4. The van der Waals surface area contributed by atoms with Crippen molar-refractivity contribution >= 4 is 0 Å². The lowest BCUT2D eigenvalue weighted by atomic mass is 10.1. The van der Waals surface area contributed by atoms with Crippen molar-refractivity contribution in [1.82, 2.24) is 20.1 Å². The first-order chi connectivity index (χ1) is 8.83. The molecule has 0 saturated carbocycles. The van der Waals surface area contributed by atoms with Crippen LogP contribution >= 0.6 is 0 Å². The Balaban J connectivity index is 1.76. The molecule has 0 bridgehead atoms. The van der Waals surface area contributed by atoms with Gasteiger partial charge in [0, 0.05) is 25.1 Å². The molecule has 1 atom stereocenters. The summed E-state index contributed by atoms with van der Waals surface area (Å²) in [6.45, 7) is 4.21. The van der Waals surface area contributed by atoms with E-state index in [1.807, 2.05) is 18.6 Å². The number of nitrogens with one attached hydrogen (secondary N) is 1. The first-order valence-electron chi connectivity index (χ1n) is 6.47. The summed E-state index contributed by atoms with van der Waals surface area (Å²) < 4.78 is 0. The molecule has 0 radical (unpaired) electrons. The van der Waals surface area contributed by atoms with Gasteiger partial charge in [0.25, 0.3) is 0 Å². The molecule has 3 heterocycles. The Morgan fingerprint density at radius 2 is 2.39 bits per heavy atom. The van der Waals surface area contributed by atoms with Crippen LogP contribution in [0.1, 0.15) is 35.7 Å². The number of pyridine rings is 1. The molecule has 0 unspecified atom stereocenters. The zero-order valence-corrected chi connectivity index (χ0v) is 10.6. The zero-order chi connectivity index (χ0) is 12.4. The van der Waals surface area contributed by atoms with Crippen LogP contribution in [0.4, 0.5) is 0 Å². The number of aromatic nitrogens is 3. The standard InChI is InChI=1S/C14H18N4/c1-11-7-12(9-15-8-11)10-18-6-2-3-14(18)13-4-5-16-17-13/h4-5,7-9,14H,2-3,6,10H2,1H3,(H,16,17)/t14-/m1/s1. The molecular weight excluding hydrogens is 224 g/mol.